The van der Waals surface area contributed by atoms with Gasteiger partial charge in [-0.15, -0.1) is 0 Å². The van der Waals surface area contributed by atoms with Gasteiger partial charge in [-0.3, -0.25) is 0 Å². The Kier molecular flexibility index (Phi) is 8.03. The van der Waals surface area contributed by atoms with E-state index in [2.05, 4.69) is 22.0 Å². The topological polar surface area (TPSA) is 42.2 Å². The number of benzene rings is 3. The zero-order valence-corrected chi connectivity index (χ0v) is 20.2. The summed E-state index contributed by atoms with van der Waals surface area (Å²) in [5, 5.41) is 10.8. The first-order chi connectivity index (χ1) is 14.9. The fourth-order valence-corrected chi connectivity index (χ4v) is 3.98. The monoisotopic (exact) mass is 515 g/mol. The molecule has 0 bridgehead atoms. The number of ether oxygens (including phenoxy) is 2. The van der Waals surface area contributed by atoms with Gasteiger partial charge < -0.3 is 9.47 Å². The van der Waals surface area contributed by atoms with E-state index in [0.29, 0.717) is 33.7 Å². The molecule has 0 heterocycles. The Labute approximate surface area is 201 Å². The Morgan fingerprint density at radius 3 is 2.45 bits per heavy atom. The molecular weight excluding hydrogens is 497 g/mol. The SMILES string of the molecule is CCOc1cc(/C=C(/C#N)c2ccc(C)cc2)cc(Br)c1OCc1ccc(Cl)cc1Cl. The van der Waals surface area contributed by atoms with Crippen molar-refractivity contribution in [3.8, 4) is 17.6 Å². The number of hydrogen-bond donors (Lipinski definition) is 0. The van der Waals surface area contributed by atoms with Gasteiger partial charge in [0, 0.05) is 15.6 Å². The average molecular weight is 517 g/mol. The highest BCUT2D eigenvalue weighted by molar-refractivity contribution is 9.10. The van der Waals surface area contributed by atoms with Crippen molar-refractivity contribution in [2.75, 3.05) is 6.61 Å². The molecule has 3 rings (SSSR count). The molecule has 0 unspecified atom stereocenters. The van der Waals surface area contributed by atoms with Gasteiger partial charge in [-0.25, -0.2) is 0 Å². The van der Waals surface area contributed by atoms with Crippen LogP contribution in [0, 0.1) is 18.3 Å². The van der Waals surface area contributed by atoms with E-state index in [1.165, 1.54) is 0 Å². The molecule has 6 heteroatoms. The van der Waals surface area contributed by atoms with Crippen LogP contribution in [-0.4, -0.2) is 6.61 Å². The molecule has 3 aromatic rings. The van der Waals surface area contributed by atoms with Gasteiger partial charge in [0.1, 0.15) is 6.61 Å². The first-order valence-corrected chi connectivity index (χ1v) is 11.2. The lowest BCUT2D eigenvalue weighted by Crippen LogP contribution is -2.01. The molecule has 0 atom stereocenters. The first-order valence-electron chi connectivity index (χ1n) is 9.63. The van der Waals surface area contributed by atoms with Gasteiger partial charge in [0.05, 0.1) is 22.7 Å². The molecule has 0 aromatic heterocycles. The van der Waals surface area contributed by atoms with Crippen LogP contribution in [0.3, 0.4) is 0 Å². The first kappa shape index (κ1) is 23.2. The van der Waals surface area contributed by atoms with E-state index in [0.717, 1.165) is 26.7 Å². The molecule has 0 fully saturated rings. The quantitative estimate of drug-likeness (QED) is 0.235. The summed E-state index contributed by atoms with van der Waals surface area (Å²) < 4.78 is 12.6. The molecule has 0 saturated heterocycles. The van der Waals surface area contributed by atoms with Crippen LogP contribution in [0.15, 0.2) is 59.1 Å². The second kappa shape index (κ2) is 10.7. The van der Waals surface area contributed by atoms with Gasteiger partial charge in [0.25, 0.3) is 0 Å². The number of nitrogens with zero attached hydrogens (tertiary/aromatic N) is 1. The molecular formula is C25H20BrCl2NO2. The molecule has 0 N–H and O–H groups in total. The van der Waals surface area contributed by atoms with Crippen LogP contribution >= 0.6 is 39.1 Å². The summed E-state index contributed by atoms with van der Waals surface area (Å²) in [5.41, 5.74) is 4.21. The molecule has 0 aliphatic rings. The largest absolute Gasteiger partial charge is 0.490 e. The Morgan fingerprint density at radius 1 is 1.06 bits per heavy atom. The van der Waals surface area contributed by atoms with Gasteiger partial charge in [0.15, 0.2) is 11.5 Å². The fraction of sp³-hybridized carbons (Fsp3) is 0.160. The minimum Gasteiger partial charge on any atom is -0.490 e. The molecule has 0 amide bonds. The van der Waals surface area contributed by atoms with Crippen LogP contribution in [-0.2, 0) is 6.61 Å². The van der Waals surface area contributed by atoms with Crippen LogP contribution in [0.5, 0.6) is 11.5 Å². The van der Waals surface area contributed by atoms with E-state index >= 15 is 0 Å². The summed E-state index contributed by atoms with van der Waals surface area (Å²) >= 11 is 15.8. The van der Waals surface area contributed by atoms with E-state index in [9.17, 15) is 5.26 Å². The smallest absolute Gasteiger partial charge is 0.175 e. The third-order valence-corrected chi connectivity index (χ3v) is 5.69. The Bertz CT molecular complexity index is 1150. The van der Waals surface area contributed by atoms with Crippen LogP contribution < -0.4 is 9.47 Å². The van der Waals surface area contributed by atoms with E-state index < -0.39 is 0 Å². The molecule has 0 spiro atoms. The van der Waals surface area contributed by atoms with Gasteiger partial charge in [-0.1, -0.05) is 59.1 Å². The fourth-order valence-electron chi connectivity index (χ4n) is 2.94. The van der Waals surface area contributed by atoms with E-state index in [-0.39, 0.29) is 6.61 Å². The molecule has 0 saturated carbocycles. The predicted molar refractivity (Wildman–Crippen MR) is 131 cm³/mol. The summed E-state index contributed by atoms with van der Waals surface area (Å²) in [7, 11) is 0. The molecule has 3 nitrogen and oxygen atoms in total. The summed E-state index contributed by atoms with van der Waals surface area (Å²) in [4.78, 5) is 0. The van der Waals surface area contributed by atoms with Crippen LogP contribution in [0.4, 0.5) is 0 Å². The lowest BCUT2D eigenvalue weighted by atomic mass is 10.0. The maximum absolute atomic E-state index is 9.65. The minimum absolute atomic E-state index is 0.261. The molecule has 0 radical (unpaired) electrons. The number of aryl methyl sites for hydroxylation is 1. The van der Waals surface area contributed by atoms with Gasteiger partial charge in [0.2, 0.25) is 0 Å². The highest BCUT2D eigenvalue weighted by Gasteiger charge is 2.14. The normalized spacial score (nSPS) is 11.2. The van der Waals surface area contributed by atoms with Crippen molar-refractivity contribution in [2.24, 2.45) is 0 Å². The second-order valence-corrected chi connectivity index (χ2v) is 8.52. The highest BCUT2D eigenvalue weighted by atomic mass is 79.9. The number of hydrogen-bond acceptors (Lipinski definition) is 3. The van der Waals surface area contributed by atoms with Crippen molar-refractivity contribution < 1.29 is 9.47 Å². The van der Waals surface area contributed by atoms with E-state index in [1.807, 2.05) is 62.4 Å². The standard InChI is InChI=1S/C25H20BrCl2NO2/c1-3-30-24-12-17(10-20(14-29)18-6-4-16(2)5-7-18)11-22(26)25(24)31-15-19-8-9-21(27)13-23(19)28/h4-13H,3,15H2,1-2H3/b20-10-. The summed E-state index contributed by atoms with van der Waals surface area (Å²) in [6.07, 6.45) is 1.83. The second-order valence-electron chi connectivity index (χ2n) is 6.82. The lowest BCUT2D eigenvalue weighted by Gasteiger charge is -2.15. The van der Waals surface area contributed by atoms with Gasteiger partial charge in [-0.05, 0) is 71.2 Å². The Morgan fingerprint density at radius 2 is 1.81 bits per heavy atom. The van der Waals surface area contributed by atoms with Crippen LogP contribution in [0.1, 0.15) is 29.2 Å². The van der Waals surface area contributed by atoms with E-state index in [1.54, 1.807) is 12.1 Å². The zero-order chi connectivity index (χ0) is 22.4. The van der Waals surface area contributed by atoms with Crippen molar-refractivity contribution >= 4 is 50.8 Å². The minimum atomic E-state index is 0.261. The number of rotatable bonds is 7. The molecule has 31 heavy (non-hydrogen) atoms. The van der Waals surface area contributed by atoms with Crippen molar-refractivity contribution in [1.82, 2.24) is 0 Å². The van der Waals surface area contributed by atoms with Crippen LogP contribution in [0.25, 0.3) is 11.6 Å². The summed E-state index contributed by atoms with van der Waals surface area (Å²) in [6, 6.07) is 19.2. The van der Waals surface area contributed by atoms with E-state index in [4.69, 9.17) is 32.7 Å². The van der Waals surface area contributed by atoms with Gasteiger partial charge >= 0.3 is 0 Å². The average Bonchev–Trinajstić information content (AvgIpc) is 2.73. The maximum Gasteiger partial charge on any atom is 0.175 e. The maximum atomic E-state index is 9.65. The van der Waals surface area contributed by atoms with Crippen molar-refractivity contribution in [1.29, 1.82) is 5.26 Å². The summed E-state index contributed by atoms with van der Waals surface area (Å²) in [6.45, 7) is 4.65. The molecule has 3 aromatic carbocycles. The van der Waals surface area contributed by atoms with Gasteiger partial charge in [-0.2, -0.15) is 5.26 Å². The zero-order valence-electron chi connectivity index (χ0n) is 17.1. The Hall–Kier alpha value is -2.45. The number of halogens is 3. The Balaban J connectivity index is 1.92. The van der Waals surface area contributed by atoms with Crippen molar-refractivity contribution in [2.45, 2.75) is 20.5 Å². The third kappa shape index (κ3) is 6.04. The highest BCUT2D eigenvalue weighted by Crippen LogP contribution is 2.39. The molecule has 0 aliphatic heterocycles. The number of allylic oxidation sites excluding steroid dienone is 1. The molecule has 0 aliphatic carbocycles. The van der Waals surface area contributed by atoms with Crippen molar-refractivity contribution in [3.63, 3.8) is 0 Å². The lowest BCUT2D eigenvalue weighted by molar-refractivity contribution is 0.267. The molecule has 158 valence electrons. The number of nitriles is 1. The van der Waals surface area contributed by atoms with Crippen molar-refractivity contribution in [3.05, 3.63) is 91.4 Å². The predicted octanol–water partition coefficient (Wildman–Crippen LogP) is 8.11. The third-order valence-electron chi connectivity index (χ3n) is 4.51. The van der Waals surface area contributed by atoms with Crippen LogP contribution in [0.2, 0.25) is 10.0 Å². The summed E-state index contributed by atoms with van der Waals surface area (Å²) in [5.74, 6) is 1.15.